The highest BCUT2D eigenvalue weighted by Crippen LogP contribution is 2.33. The fraction of sp³-hybridized carbons (Fsp3) is 0.500. The van der Waals surface area contributed by atoms with Crippen molar-refractivity contribution in [3.05, 3.63) is 29.6 Å². The molecule has 0 bridgehead atoms. The lowest BCUT2D eigenvalue weighted by Gasteiger charge is -2.29. The van der Waals surface area contributed by atoms with E-state index in [-0.39, 0.29) is 11.6 Å². The lowest BCUT2D eigenvalue weighted by Crippen LogP contribution is -2.33. The van der Waals surface area contributed by atoms with Crippen LogP contribution in [0.2, 0.25) is 0 Å². The van der Waals surface area contributed by atoms with Crippen molar-refractivity contribution in [2.45, 2.75) is 32.7 Å². The zero-order valence-electron chi connectivity index (χ0n) is 10.7. The number of aromatic carboxylic acids is 1. The summed E-state index contributed by atoms with van der Waals surface area (Å²) in [6, 6.07) is 4.33. The molecule has 18 heavy (non-hydrogen) atoms. The van der Waals surface area contributed by atoms with Gasteiger partial charge in [0.25, 0.3) is 0 Å². The zero-order valence-corrected chi connectivity index (χ0v) is 10.7. The largest absolute Gasteiger partial charge is 0.478 e. The first-order valence-electron chi connectivity index (χ1n) is 6.28. The molecule has 98 valence electrons. The number of halogens is 1. The summed E-state index contributed by atoms with van der Waals surface area (Å²) in [4.78, 5) is 12.8. The summed E-state index contributed by atoms with van der Waals surface area (Å²) >= 11 is 0. The van der Waals surface area contributed by atoms with Gasteiger partial charge >= 0.3 is 5.97 Å². The average molecular weight is 251 g/mol. The second-order valence-corrected chi connectivity index (χ2v) is 5.16. The Hall–Kier alpha value is -1.58. The highest BCUT2D eigenvalue weighted by molar-refractivity contribution is 5.88. The molecular formula is C14H18FNO2. The first kappa shape index (κ1) is 12.9. The van der Waals surface area contributed by atoms with E-state index in [0.29, 0.717) is 11.6 Å². The van der Waals surface area contributed by atoms with Crippen LogP contribution in [0, 0.1) is 11.7 Å². The van der Waals surface area contributed by atoms with Crippen LogP contribution in [0.5, 0.6) is 0 Å². The highest BCUT2D eigenvalue weighted by Gasteiger charge is 2.27. The van der Waals surface area contributed by atoms with Crippen LogP contribution in [0.4, 0.5) is 10.1 Å². The topological polar surface area (TPSA) is 40.5 Å². The fourth-order valence-corrected chi connectivity index (χ4v) is 2.04. The zero-order chi connectivity index (χ0) is 13.3. The third kappa shape index (κ3) is 2.81. The number of nitrogens with zero attached hydrogens (tertiary/aromatic N) is 1. The molecule has 2 rings (SSSR count). The molecule has 0 saturated heterocycles. The molecule has 1 saturated carbocycles. The van der Waals surface area contributed by atoms with Gasteiger partial charge in [0, 0.05) is 12.6 Å². The van der Waals surface area contributed by atoms with Gasteiger partial charge in [-0.1, -0.05) is 0 Å². The summed E-state index contributed by atoms with van der Waals surface area (Å²) in [7, 11) is 0. The molecular weight excluding hydrogens is 233 g/mol. The van der Waals surface area contributed by atoms with E-state index in [9.17, 15) is 9.18 Å². The van der Waals surface area contributed by atoms with E-state index < -0.39 is 11.8 Å². The number of rotatable bonds is 5. The van der Waals surface area contributed by atoms with Gasteiger partial charge in [-0.3, -0.25) is 0 Å². The summed E-state index contributed by atoms with van der Waals surface area (Å²) in [6.45, 7) is 4.89. The third-order valence-electron chi connectivity index (χ3n) is 3.28. The van der Waals surface area contributed by atoms with Crippen LogP contribution in [0.15, 0.2) is 18.2 Å². The Kier molecular flexibility index (Phi) is 3.55. The van der Waals surface area contributed by atoms with Crippen molar-refractivity contribution in [3.8, 4) is 0 Å². The molecule has 0 amide bonds. The van der Waals surface area contributed by atoms with Gasteiger partial charge in [0.05, 0.1) is 11.3 Å². The van der Waals surface area contributed by atoms with E-state index in [0.717, 1.165) is 12.6 Å². The Balaban J connectivity index is 2.26. The number of carboxylic acid groups (broad SMARTS) is 1. The molecule has 0 spiro atoms. The van der Waals surface area contributed by atoms with E-state index in [1.807, 2.05) is 18.7 Å². The van der Waals surface area contributed by atoms with E-state index in [1.165, 1.54) is 18.9 Å². The molecule has 0 aliphatic heterocycles. The minimum absolute atomic E-state index is 0.00798. The van der Waals surface area contributed by atoms with Crippen molar-refractivity contribution in [2.75, 3.05) is 11.4 Å². The number of hydrogen-bond acceptors (Lipinski definition) is 2. The van der Waals surface area contributed by atoms with Crippen LogP contribution < -0.4 is 4.90 Å². The molecule has 1 fully saturated rings. The quantitative estimate of drug-likeness (QED) is 0.874. The van der Waals surface area contributed by atoms with Crippen molar-refractivity contribution >= 4 is 11.7 Å². The maximum Gasteiger partial charge on any atom is 0.335 e. The molecule has 1 aromatic rings. The Morgan fingerprint density at radius 1 is 1.50 bits per heavy atom. The van der Waals surface area contributed by atoms with Crippen LogP contribution in [-0.4, -0.2) is 23.7 Å². The van der Waals surface area contributed by atoms with Gasteiger partial charge in [0.1, 0.15) is 5.82 Å². The number of benzene rings is 1. The maximum atomic E-state index is 14.0. The van der Waals surface area contributed by atoms with Crippen LogP contribution in [-0.2, 0) is 0 Å². The van der Waals surface area contributed by atoms with E-state index in [1.54, 1.807) is 6.07 Å². The fourth-order valence-electron chi connectivity index (χ4n) is 2.04. The standard InChI is InChI=1S/C14H18FNO2/c1-9(2)16(8-10-3-4-10)13-6-5-11(14(17)18)7-12(13)15/h5-7,9-10H,3-4,8H2,1-2H3,(H,17,18). The first-order valence-corrected chi connectivity index (χ1v) is 6.28. The number of anilines is 1. The maximum absolute atomic E-state index is 14.0. The molecule has 0 aromatic heterocycles. The minimum Gasteiger partial charge on any atom is -0.478 e. The molecule has 0 unspecified atom stereocenters. The van der Waals surface area contributed by atoms with Gasteiger partial charge < -0.3 is 10.0 Å². The van der Waals surface area contributed by atoms with Crippen molar-refractivity contribution in [1.29, 1.82) is 0 Å². The van der Waals surface area contributed by atoms with E-state index in [4.69, 9.17) is 5.11 Å². The molecule has 3 nitrogen and oxygen atoms in total. The first-order chi connectivity index (χ1) is 8.49. The van der Waals surface area contributed by atoms with Gasteiger partial charge in [-0.15, -0.1) is 0 Å². The highest BCUT2D eigenvalue weighted by atomic mass is 19.1. The lowest BCUT2D eigenvalue weighted by molar-refractivity contribution is 0.0696. The van der Waals surface area contributed by atoms with Crippen molar-refractivity contribution < 1.29 is 14.3 Å². The van der Waals surface area contributed by atoms with E-state index >= 15 is 0 Å². The number of carbonyl (C=O) groups is 1. The van der Waals surface area contributed by atoms with Crippen molar-refractivity contribution in [1.82, 2.24) is 0 Å². The summed E-state index contributed by atoms with van der Waals surface area (Å²) in [5.74, 6) is -0.894. The van der Waals surface area contributed by atoms with Gasteiger partial charge in [-0.25, -0.2) is 9.18 Å². The second kappa shape index (κ2) is 4.96. The predicted octanol–water partition coefficient (Wildman–Crippen LogP) is 3.15. The van der Waals surface area contributed by atoms with Crippen LogP contribution >= 0.6 is 0 Å². The smallest absolute Gasteiger partial charge is 0.335 e. The molecule has 1 aliphatic rings. The Labute approximate surface area is 106 Å². The molecule has 4 heteroatoms. The summed E-state index contributed by atoms with van der Waals surface area (Å²) < 4.78 is 14.0. The monoisotopic (exact) mass is 251 g/mol. The summed E-state index contributed by atoms with van der Waals surface area (Å²) in [6.07, 6.45) is 2.41. The van der Waals surface area contributed by atoms with Gasteiger partial charge in [-0.2, -0.15) is 0 Å². The summed E-state index contributed by atoms with van der Waals surface area (Å²) in [5, 5.41) is 8.82. The Bertz CT molecular complexity index is 455. The van der Waals surface area contributed by atoms with Gasteiger partial charge in [-0.05, 0) is 50.8 Å². The van der Waals surface area contributed by atoms with Crippen LogP contribution in [0.3, 0.4) is 0 Å². The summed E-state index contributed by atoms with van der Waals surface area (Å²) in [5.41, 5.74) is 0.494. The average Bonchev–Trinajstić information content (AvgIpc) is 3.09. The number of carboxylic acids is 1. The van der Waals surface area contributed by atoms with Gasteiger partial charge in [0.2, 0.25) is 0 Å². The number of hydrogen-bond donors (Lipinski definition) is 1. The van der Waals surface area contributed by atoms with Crippen molar-refractivity contribution in [2.24, 2.45) is 5.92 Å². The van der Waals surface area contributed by atoms with Crippen LogP contribution in [0.25, 0.3) is 0 Å². The van der Waals surface area contributed by atoms with Gasteiger partial charge in [0.15, 0.2) is 0 Å². The molecule has 0 heterocycles. The third-order valence-corrected chi connectivity index (χ3v) is 3.28. The molecule has 1 aliphatic carbocycles. The molecule has 1 aromatic carbocycles. The second-order valence-electron chi connectivity index (χ2n) is 5.16. The predicted molar refractivity (Wildman–Crippen MR) is 68.6 cm³/mol. The van der Waals surface area contributed by atoms with E-state index in [2.05, 4.69) is 0 Å². The molecule has 1 N–H and O–H groups in total. The van der Waals surface area contributed by atoms with Crippen LogP contribution in [0.1, 0.15) is 37.0 Å². The lowest BCUT2D eigenvalue weighted by atomic mass is 10.1. The Morgan fingerprint density at radius 2 is 2.17 bits per heavy atom. The molecule has 0 radical (unpaired) electrons. The molecule has 0 atom stereocenters. The normalized spacial score (nSPS) is 14.9. The Morgan fingerprint density at radius 3 is 2.61 bits per heavy atom. The van der Waals surface area contributed by atoms with Crippen molar-refractivity contribution in [3.63, 3.8) is 0 Å². The minimum atomic E-state index is -1.10. The SMILES string of the molecule is CC(C)N(CC1CC1)c1ccc(C(=O)O)cc1F.